The minimum absolute atomic E-state index is 0.166. The van der Waals surface area contributed by atoms with E-state index in [1.807, 2.05) is 24.0 Å². The quantitative estimate of drug-likeness (QED) is 0.742. The first-order chi connectivity index (χ1) is 11.2. The summed E-state index contributed by atoms with van der Waals surface area (Å²) in [7, 11) is 0. The number of aryl methyl sites for hydroxylation is 1. The third kappa shape index (κ3) is 2.86. The molecule has 0 saturated heterocycles. The second-order valence-corrected chi connectivity index (χ2v) is 7.97. The van der Waals surface area contributed by atoms with Gasteiger partial charge in [-0.05, 0) is 13.0 Å². The van der Waals surface area contributed by atoms with Gasteiger partial charge in [0.15, 0.2) is 4.34 Å². The molecular formula is C16H16N4OS2. The number of nitrogens with one attached hydrogen (secondary N) is 1. The van der Waals surface area contributed by atoms with Crippen LogP contribution in [0.5, 0.6) is 0 Å². The molecule has 1 aliphatic rings. The highest BCUT2D eigenvalue weighted by Crippen LogP contribution is 2.28. The lowest BCUT2D eigenvalue weighted by molar-refractivity contribution is -0.129. The topological polar surface area (TPSA) is 61.9 Å². The second-order valence-electron chi connectivity index (χ2n) is 5.57. The molecule has 0 radical (unpaired) electrons. The van der Waals surface area contributed by atoms with Crippen molar-refractivity contribution in [2.75, 3.05) is 12.3 Å². The maximum absolute atomic E-state index is 12.5. The van der Waals surface area contributed by atoms with E-state index in [1.165, 1.54) is 39.7 Å². The average molecular weight is 344 g/mol. The lowest BCUT2D eigenvalue weighted by atomic mass is 10.0. The number of para-hydroxylation sites is 1. The van der Waals surface area contributed by atoms with Crippen molar-refractivity contribution in [3.8, 4) is 0 Å². The molecule has 5 nitrogen and oxygen atoms in total. The van der Waals surface area contributed by atoms with E-state index in [0.717, 1.165) is 27.8 Å². The van der Waals surface area contributed by atoms with Gasteiger partial charge in [0.25, 0.3) is 0 Å². The van der Waals surface area contributed by atoms with Crippen molar-refractivity contribution in [2.45, 2.75) is 24.2 Å². The summed E-state index contributed by atoms with van der Waals surface area (Å²) >= 11 is 3.01. The average Bonchev–Trinajstić information content (AvgIpc) is 3.15. The maximum atomic E-state index is 12.5. The van der Waals surface area contributed by atoms with Gasteiger partial charge in [0.05, 0.1) is 5.75 Å². The zero-order valence-corrected chi connectivity index (χ0v) is 14.3. The molecule has 0 unspecified atom stereocenters. The first-order valence-electron chi connectivity index (χ1n) is 7.50. The minimum Gasteiger partial charge on any atom is -0.358 e. The van der Waals surface area contributed by atoms with Gasteiger partial charge in [0.1, 0.15) is 5.01 Å². The number of H-pyrrole nitrogens is 1. The van der Waals surface area contributed by atoms with Crippen LogP contribution in [0.2, 0.25) is 0 Å². The summed E-state index contributed by atoms with van der Waals surface area (Å²) in [6.45, 7) is 3.38. The number of rotatable bonds is 3. The second kappa shape index (κ2) is 5.98. The zero-order chi connectivity index (χ0) is 15.8. The Kier molecular flexibility index (Phi) is 3.82. The predicted octanol–water partition coefficient (Wildman–Crippen LogP) is 3.00. The number of hydrogen-bond donors (Lipinski definition) is 1. The van der Waals surface area contributed by atoms with Gasteiger partial charge in [-0.2, -0.15) is 0 Å². The van der Waals surface area contributed by atoms with Crippen LogP contribution >= 0.6 is 23.1 Å². The number of nitrogens with zero attached hydrogens (tertiary/aromatic N) is 3. The number of aromatic nitrogens is 3. The lowest BCUT2D eigenvalue weighted by Gasteiger charge is -2.27. The van der Waals surface area contributed by atoms with Gasteiger partial charge in [-0.1, -0.05) is 41.3 Å². The van der Waals surface area contributed by atoms with Crippen molar-refractivity contribution in [3.05, 3.63) is 40.5 Å². The van der Waals surface area contributed by atoms with Crippen LogP contribution in [0.1, 0.15) is 16.3 Å². The molecule has 3 aromatic rings. The van der Waals surface area contributed by atoms with E-state index in [1.54, 1.807) is 0 Å². The van der Waals surface area contributed by atoms with Crippen LogP contribution in [-0.4, -0.2) is 38.3 Å². The van der Waals surface area contributed by atoms with Gasteiger partial charge in [0, 0.05) is 41.7 Å². The smallest absolute Gasteiger partial charge is 0.233 e. The van der Waals surface area contributed by atoms with Crippen molar-refractivity contribution >= 4 is 39.9 Å². The standard InChI is InChI=1S/C16H16N4OS2/c1-10-18-19-16(23-10)22-9-15(21)20-7-6-14-12(8-20)11-4-2-3-5-13(11)17-14/h2-5,17H,6-9H2,1H3. The SMILES string of the molecule is Cc1nnc(SCC(=O)N2CCc3[nH]c4ccccc4c3C2)s1. The third-order valence-corrected chi connectivity index (χ3v) is 6.02. The fraction of sp³-hybridized carbons (Fsp3) is 0.312. The first kappa shape index (κ1) is 14.7. The number of carbonyl (C=O) groups is 1. The molecule has 0 saturated carbocycles. The van der Waals surface area contributed by atoms with Crippen molar-refractivity contribution in [1.82, 2.24) is 20.1 Å². The Hall–Kier alpha value is -1.86. The van der Waals surface area contributed by atoms with Crippen molar-refractivity contribution in [2.24, 2.45) is 0 Å². The number of carbonyl (C=O) groups excluding carboxylic acids is 1. The Morgan fingerprint density at radius 2 is 2.26 bits per heavy atom. The molecule has 1 aliphatic heterocycles. The van der Waals surface area contributed by atoms with E-state index in [-0.39, 0.29) is 5.91 Å². The first-order valence-corrected chi connectivity index (χ1v) is 9.30. The number of fused-ring (bicyclic) bond motifs is 3. The molecule has 1 aromatic carbocycles. The van der Waals surface area contributed by atoms with E-state index in [4.69, 9.17) is 0 Å². The Morgan fingerprint density at radius 1 is 1.39 bits per heavy atom. The highest BCUT2D eigenvalue weighted by molar-refractivity contribution is 8.01. The number of thioether (sulfide) groups is 1. The summed E-state index contributed by atoms with van der Waals surface area (Å²) in [6.07, 6.45) is 0.887. The van der Waals surface area contributed by atoms with Crippen LogP contribution in [0.4, 0.5) is 0 Å². The molecule has 0 bridgehead atoms. The van der Waals surface area contributed by atoms with Crippen LogP contribution in [-0.2, 0) is 17.8 Å². The molecule has 23 heavy (non-hydrogen) atoms. The maximum Gasteiger partial charge on any atom is 0.233 e. The molecule has 0 aliphatic carbocycles. The summed E-state index contributed by atoms with van der Waals surface area (Å²) in [5.74, 6) is 0.588. The lowest BCUT2D eigenvalue weighted by Crippen LogP contribution is -2.36. The molecule has 1 N–H and O–H groups in total. The molecular weight excluding hydrogens is 328 g/mol. The van der Waals surface area contributed by atoms with Gasteiger partial charge >= 0.3 is 0 Å². The Labute approximate surface area is 142 Å². The van der Waals surface area contributed by atoms with Crippen molar-refractivity contribution in [1.29, 1.82) is 0 Å². The molecule has 3 heterocycles. The van der Waals surface area contributed by atoms with Crippen LogP contribution in [0.3, 0.4) is 0 Å². The van der Waals surface area contributed by atoms with E-state index in [9.17, 15) is 4.79 Å². The normalized spacial score (nSPS) is 14.2. The molecule has 0 atom stereocenters. The highest BCUT2D eigenvalue weighted by atomic mass is 32.2. The van der Waals surface area contributed by atoms with E-state index in [0.29, 0.717) is 12.3 Å². The van der Waals surface area contributed by atoms with Crippen LogP contribution < -0.4 is 0 Å². The molecule has 4 rings (SSSR count). The molecule has 2 aromatic heterocycles. The van der Waals surface area contributed by atoms with Crippen LogP contribution in [0, 0.1) is 6.92 Å². The van der Waals surface area contributed by atoms with Crippen molar-refractivity contribution < 1.29 is 4.79 Å². The summed E-state index contributed by atoms with van der Waals surface area (Å²) in [6, 6.07) is 8.30. The van der Waals surface area contributed by atoms with Gasteiger partial charge in [-0.25, -0.2) is 0 Å². The summed E-state index contributed by atoms with van der Waals surface area (Å²) in [4.78, 5) is 17.9. The van der Waals surface area contributed by atoms with Crippen LogP contribution in [0.25, 0.3) is 10.9 Å². The van der Waals surface area contributed by atoms with Gasteiger partial charge in [0.2, 0.25) is 5.91 Å². The van der Waals surface area contributed by atoms with E-state index >= 15 is 0 Å². The molecule has 0 spiro atoms. The Morgan fingerprint density at radius 3 is 3.09 bits per heavy atom. The zero-order valence-electron chi connectivity index (χ0n) is 12.7. The Bertz CT molecular complexity index is 870. The minimum atomic E-state index is 0.166. The van der Waals surface area contributed by atoms with Crippen molar-refractivity contribution in [3.63, 3.8) is 0 Å². The van der Waals surface area contributed by atoms with E-state index < -0.39 is 0 Å². The molecule has 1 amide bonds. The predicted molar refractivity (Wildman–Crippen MR) is 92.8 cm³/mol. The summed E-state index contributed by atoms with van der Waals surface area (Å²) < 4.78 is 0.862. The number of aromatic amines is 1. The molecule has 118 valence electrons. The third-order valence-electron chi connectivity index (χ3n) is 4.06. The van der Waals surface area contributed by atoms with Crippen LogP contribution in [0.15, 0.2) is 28.6 Å². The number of hydrogen-bond acceptors (Lipinski definition) is 5. The van der Waals surface area contributed by atoms with Gasteiger partial charge in [-0.3, -0.25) is 4.79 Å². The molecule has 7 heteroatoms. The van der Waals surface area contributed by atoms with E-state index in [2.05, 4.69) is 27.3 Å². The van der Waals surface area contributed by atoms with Gasteiger partial charge < -0.3 is 9.88 Å². The summed E-state index contributed by atoms with van der Waals surface area (Å²) in [5, 5.41) is 10.2. The fourth-order valence-corrected chi connectivity index (χ4v) is 4.65. The monoisotopic (exact) mass is 344 g/mol. The Balaban J connectivity index is 1.47. The summed E-state index contributed by atoms with van der Waals surface area (Å²) in [5.41, 5.74) is 3.69. The number of amides is 1. The highest BCUT2D eigenvalue weighted by Gasteiger charge is 2.24. The van der Waals surface area contributed by atoms with Gasteiger partial charge in [-0.15, -0.1) is 10.2 Å². The molecule has 0 fully saturated rings. The fourth-order valence-electron chi connectivity index (χ4n) is 2.93. The largest absolute Gasteiger partial charge is 0.358 e. The number of benzene rings is 1.